The largest absolute Gasteiger partial charge is 0.480 e. The lowest BCUT2D eigenvalue weighted by Gasteiger charge is -2.24. The molecule has 0 bridgehead atoms. The van der Waals surface area contributed by atoms with E-state index in [0.717, 1.165) is 12.0 Å². The Morgan fingerprint density at radius 3 is 2.68 bits per heavy atom. The molecule has 5 heteroatoms. The van der Waals surface area contributed by atoms with Gasteiger partial charge < -0.3 is 10.0 Å². The molecule has 0 saturated carbocycles. The highest BCUT2D eigenvalue weighted by Crippen LogP contribution is 2.27. The van der Waals surface area contributed by atoms with Gasteiger partial charge in [-0.1, -0.05) is 18.5 Å². The summed E-state index contributed by atoms with van der Waals surface area (Å²) in [6.45, 7) is 4.15. The van der Waals surface area contributed by atoms with Gasteiger partial charge >= 0.3 is 5.97 Å². The number of hydrogen-bond donors (Lipinski definition) is 1. The maximum absolute atomic E-state index is 12.5. The minimum atomic E-state index is -0.940. The van der Waals surface area contributed by atoms with E-state index in [1.807, 2.05) is 6.92 Å². The summed E-state index contributed by atoms with van der Waals surface area (Å²) in [6.07, 6.45) is 0.718. The molecule has 1 aliphatic heterocycles. The topological polar surface area (TPSA) is 57.6 Å². The number of halogens is 1. The molecule has 1 aromatic rings. The lowest BCUT2D eigenvalue weighted by Crippen LogP contribution is -2.43. The fourth-order valence-corrected chi connectivity index (χ4v) is 2.80. The van der Waals surface area contributed by atoms with Crippen molar-refractivity contribution < 1.29 is 14.7 Å². The number of carboxylic acids is 1. The normalized spacial score (nSPS) is 22.6. The van der Waals surface area contributed by atoms with Crippen LogP contribution in [-0.2, 0) is 4.79 Å². The first kappa shape index (κ1) is 13.9. The second-order valence-corrected chi connectivity index (χ2v) is 5.44. The third kappa shape index (κ3) is 2.59. The van der Waals surface area contributed by atoms with Gasteiger partial charge in [-0.3, -0.25) is 4.79 Å². The second kappa shape index (κ2) is 5.21. The zero-order valence-electron chi connectivity index (χ0n) is 10.9. The number of aliphatic carboxylic acids is 1. The van der Waals surface area contributed by atoms with E-state index in [-0.39, 0.29) is 11.8 Å². The number of benzene rings is 1. The van der Waals surface area contributed by atoms with Gasteiger partial charge in [0.05, 0.1) is 0 Å². The average Bonchev–Trinajstić information content (AvgIpc) is 2.70. The van der Waals surface area contributed by atoms with Crippen LogP contribution in [0.5, 0.6) is 0 Å². The molecule has 1 saturated heterocycles. The number of likely N-dealkylation sites (tertiary alicyclic amines) is 1. The van der Waals surface area contributed by atoms with Crippen molar-refractivity contribution in [3.05, 3.63) is 34.3 Å². The fraction of sp³-hybridized carbons (Fsp3) is 0.429. The zero-order chi connectivity index (χ0) is 14.2. The number of amides is 1. The Balaban J connectivity index is 2.31. The molecule has 0 aromatic heterocycles. The third-order valence-corrected chi connectivity index (χ3v) is 3.87. The van der Waals surface area contributed by atoms with Gasteiger partial charge in [0, 0.05) is 17.1 Å². The molecule has 2 rings (SSSR count). The van der Waals surface area contributed by atoms with Gasteiger partial charge in [0.1, 0.15) is 6.04 Å². The summed E-state index contributed by atoms with van der Waals surface area (Å²) in [5.41, 5.74) is 1.28. The maximum Gasteiger partial charge on any atom is 0.326 e. The van der Waals surface area contributed by atoms with Crippen LogP contribution >= 0.6 is 11.6 Å². The van der Waals surface area contributed by atoms with Crippen LogP contribution in [0.3, 0.4) is 0 Å². The first-order valence-electron chi connectivity index (χ1n) is 6.21. The maximum atomic E-state index is 12.5. The van der Waals surface area contributed by atoms with Gasteiger partial charge in [0.15, 0.2) is 0 Å². The van der Waals surface area contributed by atoms with Crippen molar-refractivity contribution in [2.45, 2.75) is 26.3 Å². The van der Waals surface area contributed by atoms with Gasteiger partial charge in [0.2, 0.25) is 0 Å². The lowest BCUT2D eigenvalue weighted by molar-refractivity contribution is -0.142. The van der Waals surface area contributed by atoms with Gasteiger partial charge in [-0.25, -0.2) is 4.79 Å². The smallest absolute Gasteiger partial charge is 0.326 e. The Bertz CT molecular complexity index is 529. The third-order valence-electron chi connectivity index (χ3n) is 3.63. The first-order chi connectivity index (χ1) is 8.91. The van der Waals surface area contributed by atoms with Crippen LogP contribution in [0.25, 0.3) is 0 Å². The number of carbonyl (C=O) groups excluding carboxylic acids is 1. The van der Waals surface area contributed by atoms with E-state index in [0.29, 0.717) is 17.1 Å². The SMILES string of the molecule is Cc1cc(Cl)ccc1C(=O)N1CCC(C)C1C(=O)O. The molecule has 1 N–H and O–H groups in total. The fourth-order valence-electron chi connectivity index (χ4n) is 2.57. The van der Waals surface area contributed by atoms with Crippen molar-refractivity contribution in [2.24, 2.45) is 5.92 Å². The predicted molar refractivity (Wildman–Crippen MR) is 72.4 cm³/mol. The lowest BCUT2D eigenvalue weighted by atomic mass is 10.0. The highest BCUT2D eigenvalue weighted by molar-refractivity contribution is 6.30. The molecular weight excluding hydrogens is 266 g/mol. The van der Waals surface area contributed by atoms with E-state index >= 15 is 0 Å². The first-order valence-corrected chi connectivity index (χ1v) is 6.59. The van der Waals surface area contributed by atoms with Crippen LogP contribution < -0.4 is 0 Å². The molecule has 0 spiro atoms. The van der Waals surface area contributed by atoms with Crippen molar-refractivity contribution in [3.63, 3.8) is 0 Å². The summed E-state index contributed by atoms with van der Waals surface area (Å²) in [6, 6.07) is 4.28. The number of carboxylic acid groups (broad SMARTS) is 1. The number of hydrogen-bond acceptors (Lipinski definition) is 2. The highest BCUT2D eigenvalue weighted by atomic mass is 35.5. The van der Waals surface area contributed by atoms with E-state index in [1.54, 1.807) is 25.1 Å². The Morgan fingerprint density at radius 1 is 1.42 bits per heavy atom. The molecule has 19 heavy (non-hydrogen) atoms. The van der Waals surface area contributed by atoms with Crippen molar-refractivity contribution in [2.75, 3.05) is 6.54 Å². The minimum absolute atomic E-state index is 0.0194. The number of nitrogens with zero attached hydrogens (tertiary/aromatic N) is 1. The molecule has 102 valence electrons. The molecule has 4 nitrogen and oxygen atoms in total. The van der Waals surface area contributed by atoms with E-state index < -0.39 is 12.0 Å². The minimum Gasteiger partial charge on any atom is -0.480 e. The Labute approximate surface area is 117 Å². The van der Waals surface area contributed by atoms with E-state index in [9.17, 15) is 14.7 Å². The van der Waals surface area contributed by atoms with Gasteiger partial charge in [-0.15, -0.1) is 0 Å². The number of aryl methyl sites for hydroxylation is 1. The average molecular weight is 282 g/mol. The number of carbonyl (C=O) groups is 2. The molecule has 2 atom stereocenters. The second-order valence-electron chi connectivity index (χ2n) is 5.01. The zero-order valence-corrected chi connectivity index (χ0v) is 11.6. The van der Waals surface area contributed by atoms with Crippen LogP contribution in [0.1, 0.15) is 29.3 Å². The predicted octanol–water partition coefficient (Wildman–Crippen LogP) is 2.58. The van der Waals surface area contributed by atoms with E-state index in [1.165, 1.54) is 4.90 Å². The Hall–Kier alpha value is -1.55. The standard InChI is InChI=1S/C14H16ClNO3/c1-8-5-6-16(12(8)14(18)19)13(17)11-4-3-10(15)7-9(11)2/h3-4,7-8,12H,5-6H2,1-2H3,(H,18,19). The van der Waals surface area contributed by atoms with Crippen LogP contribution in [-0.4, -0.2) is 34.5 Å². The van der Waals surface area contributed by atoms with Gasteiger partial charge in [-0.05, 0) is 43.0 Å². The van der Waals surface area contributed by atoms with Gasteiger partial charge in [0.25, 0.3) is 5.91 Å². The quantitative estimate of drug-likeness (QED) is 0.906. The molecule has 1 amide bonds. The van der Waals surface area contributed by atoms with Crippen molar-refractivity contribution >= 4 is 23.5 Å². The van der Waals surface area contributed by atoms with Crippen LogP contribution in [0.2, 0.25) is 5.02 Å². The summed E-state index contributed by atoms with van der Waals surface area (Å²) >= 11 is 5.86. The molecule has 1 fully saturated rings. The molecule has 0 aliphatic carbocycles. The summed E-state index contributed by atoms with van der Waals surface area (Å²) < 4.78 is 0. The summed E-state index contributed by atoms with van der Waals surface area (Å²) in [7, 11) is 0. The molecular formula is C14H16ClNO3. The molecule has 1 heterocycles. The van der Waals surface area contributed by atoms with Crippen LogP contribution in [0.4, 0.5) is 0 Å². The molecule has 1 aliphatic rings. The van der Waals surface area contributed by atoms with E-state index in [2.05, 4.69) is 0 Å². The van der Waals surface area contributed by atoms with Crippen molar-refractivity contribution in [1.29, 1.82) is 0 Å². The number of rotatable bonds is 2. The van der Waals surface area contributed by atoms with Crippen molar-refractivity contribution in [1.82, 2.24) is 4.90 Å². The van der Waals surface area contributed by atoms with Gasteiger partial charge in [-0.2, -0.15) is 0 Å². The summed E-state index contributed by atoms with van der Waals surface area (Å²) in [4.78, 5) is 25.2. The molecule has 0 radical (unpaired) electrons. The Kier molecular flexibility index (Phi) is 3.80. The van der Waals surface area contributed by atoms with Crippen LogP contribution in [0.15, 0.2) is 18.2 Å². The monoisotopic (exact) mass is 281 g/mol. The summed E-state index contributed by atoms with van der Waals surface area (Å²) in [5, 5.41) is 9.82. The van der Waals surface area contributed by atoms with E-state index in [4.69, 9.17) is 11.6 Å². The van der Waals surface area contributed by atoms with Crippen LogP contribution in [0, 0.1) is 12.8 Å². The highest BCUT2D eigenvalue weighted by Gasteiger charge is 2.39. The summed E-state index contributed by atoms with van der Waals surface area (Å²) in [5.74, 6) is -1.19. The molecule has 1 aromatic carbocycles. The van der Waals surface area contributed by atoms with Crippen molar-refractivity contribution in [3.8, 4) is 0 Å². The molecule has 2 unspecified atom stereocenters. The Morgan fingerprint density at radius 2 is 2.11 bits per heavy atom.